The molecule has 0 bridgehead atoms. The van der Waals surface area contributed by atoms with E-state index in [4.69, 9.17) is 0 Å². The molecule has 1 amide bonds. The normalized spacial score (nSPS) is 10.6. The third kappa shape index (κ3) is 5.36. The lowest BCUT2D eigenvalue weighted by Gasteiger charge is -2.10. The van der Waals surface area contributed by atoms with E-state index in [9.17, 15) is 9.18 Å². The smallest absolute Gasteiger partial charge is 0.269 e. The van der Waals surface area contributed by atoms with Gasteiger partial charge < -0.3 is 10.6 Å². The van der Waals surface area contributed by atoms with Crippen molar-refractivity contribution in [2.75, 3.05) is 18.4 Å². The third-order valence-corrected chi connectivity index (χ3v) is 3.34. The number of pyridine rings is 1. The number of nitrogens with one attached hydrogen (secondary N) is 2. The SMILES string of the molecule is CC(C)CNc1ccnc(C(=O)NCCc2ccccc2F)c1. The second kappa shape index (κ2) is 8.27. The van der Waals surface area contributed by atoms with Crippen LogP contribution in [0.2, 0.25) is 0 Å². The summed E-state index contributed by atoms with van der Waals surface area (Å²) in [6.07, 6.45) is 2.05. The second-order valence-corrected chi connectivity index (χ2v) is 5.80. The van der Waals surface area contributed by atoms with Crippen molar-refractivity contribution in [3.63, 3.8) is 0 Å². The molecule has 0 saturated heterocycles. The number of hydrogen-bond donors (Lipinski definition) is 2. The van der Waals surface area contributed by atoms with Crippen LogP contribution in [-0.2, 0) is 6.42 Å². The van der Waals surface area contributed by atoms with Gasteiger partial charge in [0, 0.05) is 25.0 Å². The fourth-order valence-electron chi connectivity index (χ4n) is 2.09. The number of rotatable bonds is 7. The first-order valence-corrected chi connectivity index (χ1v) is 7.78. The minimum Gasteiger partial charge on any atom is -0.385 e. The average Bonchev–Trinajstić information content (AvgIpc) is 2.55. The molecule has 5 heteroatoms. The Kier molecular flexibility index (Phi) is 6.09. The zero-order chi connectivity index (χ0) is 16.7. The summed E-state index contributed by atoms with van der Waals surface area (Å²) >= 11 is 0. The molecule has 0 atom stereocenters. The molecular weight excluding hydrogens is 293 g/mol. The minimum atomic E-state index is -0.255. The fourth-order valence-corrected chi connectivity index (χ4v) is 2.09. The Morgan fingerprint density at radius 3 is 2.78 bits per heavy atom. The van der Waals surface area contributed by atoms with Crippen LogP contribution < -0.4 is 10.6 Å². The molecule has 2 N–H and O–H groups in total. The highest BCUT2D eigenvalue weighted by atomic mass is 19.1. The number of carbonyl (C=O) groups is 1. The van der Waals surface area contributed by atoms with Gasteiger partial charge in [-0.25, -0.2) is 4.39 Å². The Labute approximate surface area is 136 Å². The van der Waals surface area contributed by atoms with Crippen molar-refractivity contribution < 1.29 is 9.18 Å². The van der Waals surface area contributed by atoms with Crippen molar-refractivity contribution in [3.8, 4) is 0 Å². The van der Waals surface area contributed by atoms with Crippen LogP contribution in [0.5, 0.6) is 0 Å². The zero-order valence-corrected chi connectivity index (χ0v) is 13.5. The van der Waals surface area contributed by atoms with Gasteiger partial charge in [0.2, 0.25) is 0 Å². The standard InChI is InChI=1S/C18H22FN3O/c1-13(2)12-22-15-8-10-20-17(11-15)18(23)21-9-7-14-5-3-4-6-16(14)19/h3-6,8,10-11,13H,7,9,12H2,1-2H3,(H,20,22)(H,21,23). The molecule has 2 rings (SSSR count). The zero-order valence-electron chi connectivity index (χ0n) is 13.5. The van der Waals surface area contributed by atoms with Crippen molar-refractivity contribution in [1.29, 1.82) is 0 Å². The number of anilines is 1. The molecule has 0 aliphatic heterocycles. The highest BCUT2D eigenvalue weighted by Crippen LogP contribution is 2.09. The van der Waals surface area contributed by atoms with Crippen molar-refractivity contribution in [2.45, 2.75) is 20.3 Å². The van der Waals surface area contributed by atoms with Crippen LogP contribution in [0.3, 0.4) is 0 Å². The number of aromatic nitrogens is 1. The Morgan fingerprint density at radius 1 is 1.26 bits per heavy atom. The summed E-state index contributed by atoms with van der Waals surface area (Å²) < 4.78 is 13.5. The molecule has 4 nitrogen and oxygen atoms in total. The lowest BCUT2D eigenvalue weighted by molar-refractivity contribution is 0.0949. The summed E-state index contributed by atoms with van der Waals surface area (Å²) in [5.74, 6) is 0.00973. The van der Waals surface area contributed by atoms with Crippen molar-refractivity contribution in [1.82, 2.24) is 10.3 Å². The average molecular weight is 315 g/mol. The molecule has 0 unspecified atom stereocenters. The summed E-state index contributed by atoms with van der Waals surface area (Å²) in [5.41, 5.74) is 1.81. The molecule has 1 aromatic carbocycles. The van der Waals surface area contributed by atoms with Gasteiger partial charge >= 0.3 is 0 Å². The fraction of sp³-hybridized carbons (Fsp3) is 0.333. The van der Waals surface area contributed by atoms with Crippen molar-refractivity contribution in [3.05, 3.63) is 59.7 Å². The van der Waals surface area contributed by atoms with Crippen LogP contribution in [0.15, 0.2) is 42.6 Å². The van der Waals surface area contributed by atoms with Gasteiger partial charge in [0.15, 0.2) is 0 Å². The van der Waals surface area contributed by atoms with Gasteiger partial charge in [-0.15, -0.1) is 0 Å². The van der Waals surface area contributed by atoms with Gasteiger partial charge in [-0.2, -0.15) is 0 Å². The Bertz CT molecular complexity index is 658. The van der Waals surface area contributed by atoms with E-state index in [0.717, 1.165) is 12.2 Å². The number of halogens is 1. The van der Waals surface area contributed by atoms with E-state index in [1.165, 1.54) is 6.07 Å². The van der Waals surface area contributed by atoms with Gasteiger partial charge in [0.1, 0.15) is 11.5 Å². The van der Waals surface area contributed by atoms with Gasteiger partial charge in [0.25, 0.3) is 5.91 Å². The monoisotopic (exact) mass is 315 g/mol. The number of benzene rings is 1. The Balaban J connectivity index is 1.88. The molecular formula is C18H22FN3O. The van der Waals surface area contributed by atoms with E-state index in [0.29, 0.717) is 30.1 Å². The largest absolute Gasteiger partial charge is 0.385 e. The van der Waals surface area contributed by atoms with E-state index in [1.54, 1.807) is 30.5 Å². The number of amides is 1. The third-order valence-electron chi connectivity index (χ3n) is 3.34. The first-order valence-electron chi connectivity index (χ1n) is 7.78. The van der Waals surface area contributed by atoms with Crippen LogP contribution in [0.25, 0.3) is 0 Å². The highest BCUT2D eigenvalue weighted by molar-refractivity contribution is 5.93. The molecule has 122 valence electrons. The van der Waals surface area contributed by atoms with E-state index in [-0.39, 0.29) is 11.7 Å². The van der Waals surface area contributed by atoms with Crippen LogP contribution in [0.1, 0.15) is 29.9 Å². The quantitative estimate of drug-likeness (QED) is 0.824. The number of carbonyl (C=O) groups excluding carboxylic acids is 1. The van der Waals surface area contributed by atoms with Crippen LogP contribution in [-0.4, -0.2) is 24.0 Å². The van der Waals surface area contributed by atoms with Gasteiger partial charge in [-0.3, -0.25) is 9.78 Å². The molecule has 0 fully saturated rings. The second-order valence-electron chi connectivity index (χ2n) is 5.80. The minimum absolute atomic E-state index is 0.250. The molecule has 0 spiro atoms. The molecule has 0 aliphatic carbocycles. The van der Waals surface area contributed by atoms with E-state index in [1.807, 2.05) is 6.07 Å². The first-order chi connectivity index (χ1) is 11.1. The van der Waals surface area contributed by atoms with Gasteiger partial charge in [-0.1, -0.05) is 32.0 Å². The lowest BCUT2D eigenvalue weighted by atomic mass is 10.1. The Hall–Kier alpha value is -2.43. The molecule has 23 heavy (non-hydrogen) atoms. The predicted molar refractivity (Wildman–Crippen MR) is 90.0 cm³/mol. The number of nitrogens with zero attached hydrogens (tertiary/aromatic N) is 1. The summed E-state index contributed by atoms with van der Waals surface area (Å²) in [7, 11) is 0. The summed E-state index contributed by atoms with van der Waals surface area (Å²) in [6.45, 7) is 5.43. The van der Waals surface area contributed by atoms with E-state index in [2.05, 4.69) is 29.5 Å². The first kappa shape index (κ1) is 16.9. The van der Waals surface area contributed by atoms with E-state index >= 15 is 0 Å². The maximum atomic E-state index is 13.5. The van der Waals surface area contributed by atoms with E-state index < -0.39 is 0 Å². The maximum absolute atomic E-state index is 13.5. The maximum Gasteiger partial charge on any atom is 0.269 e. The number of hydrogen-bond acceptors (Lipinski definition) is 3. The topological polar surface area (TPSA) is 54.0 Å². The summed E-state index contributed by atoms with van der Waals surface area (Å²) in [4.78, 5) is 16.2. The molecule has 1 heterocycles. The summed E-state index contributed by atoms with van der Waals surface area (Å²) in [6, 6.07) is 10.1. The van der Waals surface area contributed by atoms with Crippen LogP contribution in [0.4, 0.5) is 10.1 Å². The molecule has 0 radical (unpaired) electrons. The lowest BCUT2D eigenvalue weighted by Crippen LogP contribution is -2.26. The van der Waals surface area contributed by atoms with Crippen LogP contribution in [0, 0.1) is 11.7 Å². The molecule has 1 aromatic heterocycles. The highest BCUT2D eigenvalue weighted by Gasteiger charge is 2.08. The van der Waals surface area contributed by atoms with Gasteiger partial charge in [0.05, 0.1) is 0 Å². The Morgan fingerprint density at radius 2 is 2.04 bits per heavy atom. The van der Waals surface area contributed by atoms with Crippen LogP contribution >= 0.6 is 0 Å². The van der Waals surface area contributed by atoms with Crippen molar-refractivity contribution in [2.24, 2.45) is 5.92 Å². The van der Waals surface area contributed by atoms with Gasteiger partial charge in [-0.05, 0) is 36.1 Å². The van der Waals surface area contributed by atoms with Crippen molar-refractivity contribution >= 4 is 11.6 Å². The summed E-state index contributed by atoms with van der Waals surface area (Å²) in [5, 5.41) is 6.03. The molecule has 0 aliphatic rings. The molecule has 0 saturated carbocycles. The predicted octanol–water partition coefficient (Wildman–Crippen LogP) is 3.26. The molecule has 2 aromatic rings.